The van der Waals surface area contributed by atoms with Crippen molar-refractivity contribution in [2.75, 3.05) is 6.67 Å². The summed E-state index contributed by atoms with van der Waals surface area (Å²) in [5, 5.41) is 3.95. The summed E-state index contributed by atoms with van der Waals surface area (Å²) in [6.07, 6.45) is 0. The lowest BCUT2D eigenvalue weighted by atomic mass is 10.3. The standard InChI is InChI=1S/C5H9N3/c1-4-5(2)8-7-3-6-4/h7H,3H2,1-2H3. The molecule has 0 saturated heterocycles. The van der Waals surface area contributed by atoms with E-state index in [1.807, 2.05) is 13.8 Å². The van der Waals surface area contributed by atoms with Gasteiger partial charge in [0.25, 0.3) is 0 Å². The number of rotatable bonds is 0. The van der Waals surface area contributed by atoms with Gasteiger partial charge in [-0.15, -0.1) is 0 Å². The quantitative estimate of drug-likeness (QED) is 0.482. The highest BCUT2D eigenvalue weighted by atomic mass is 15.3. The van der Waals surface area contributed by atoms with Crippen molar-refractivity contribution in [1.29, 1.82) is 0 Å². The molecule has 0 saturated carbocycles. The monoisotopic (exact) mass is 111 g/mol. The topological polar surface area (TPSA) is 36.8 Å². The molecule has 1 aliphatic rings. The van der Waals surface area contributed by atoms with Crippen LogP contribution in [0.2, 0.25) is 0 Å². The summed E-state index contributed by atoms with van der Waals surface area (Å²) in [5.41, 5.74) is 4.78. The minimum Gasteiger partial charge on any atom is -0.288 e. The summed E-state index contributed by atoms with van der Waals surface area (Å²) in [5.74, 6) is 0. The lowest BCUT2D eigenvalue weighted by Crippen LogP contribution is -2.20. The maximum absolute atomic E-state index is 4.09. The predicted octanol–water partition coefficient (Wildman–Crippen LogP) is 0.384. The first-order valence-electron chi connectivity index (χ1n) is 2.59. The van der Waals surface area contributed by atoms with E-state index in [0.717, 1.165) is 11.4 Å². The molecule has 0 atom stereocenters. The van der Waals surface area contributed by atoms with E-state index in [0.29, 0.717) is 6.67 Å². The molecule has 0 aliphatic carbocycles. The van der Waals surface area contributed by atoms with Crippen molar-refractivity contribution in [3.8, 4) is 0 Å². The van der Waals surface area contributed by atoms with Gasteiger partial charge in [0.15, 0.2) is 0 Å². The van der Waals surface area contributed by atoms with Crippen LogP contribution in [0.4, 0.5) is 0 Å². The van der Waals surface area contributed by atoms with Crippen molar-refractivity contribution < 1.29 is 0 Å². The van der Waals surface area contributed by atoms with Crippen LogP contribution in [0, 0.1) is 0 Å². The SMILES string of the molecule is CC1=NCNN=C1C. The van der Waals surface area contributed by atoms with Gasteiger partial charge in [0, 0.05) is 0 Å². The van der Waals surface area contributed by atoms with Crippen LogP contribution in [0.1, 0.15) is 13.8 Å². The summed E-state index contributed by atoms with van der Waals surface area (Å²) >= 11 is 0. The number of hydrazone groups is 1. The molecule has 44 valence electrons. The Hall–Kier alpha value is -0.860. The van der Waals surface area contributed by atoms with Crippen molar-refractivity contribution in [2.45, 2.75) is 13.8 Å². The molecule has 0 aromatic carbocycles. The fourth-order valence-corrected chi connectivity index (χ4v) is 0.503. The molecule has 1 N–H and O–H groups in total. The Morgan fingerprint density at radius 1 is 1.38 bits per heavy atom. The van der Waals surface area contributed by atoms with Gasteiger partial charge >= 0.3 is 0 Å². The molecule has 0 aromatic heterocycles. The van der Waals surface area contributed by atoms with Gasteiger partial charge in [0.1, 0.15) is 6.67 Å². The molecule has 8 heavy (non-hydrogen) atoms. The molecular formula is C5H9N3. The summed E-state index contributed by atoms with van der Waals surface area (Å²) in [7, 11) is 0. The van der Waals surface area contributed by atoms with Crippen molar-refractivity contribution in [3.63, 3.8) is 0 Å². The summed E-state index contributed by atoms with van der Waals surface area (Å²) < 4.78 is 0. The van der Waals surface area contributed by atoms with Gasteiger partial charge in [0.2, 0.25) is 0 Å². The number of nitrogens with one attached hydrogen (secondary N) is 1. The molecule has 1 heterocycles. The smallest absolute Gasteiger partial charge is 0.123 e. The van der Waals surface area contributed by atoms with Gasteiger partial charge in [-0.25, -0.2) is 0 Å². The van der Waals surface area contributed by atoms with Gasteiger partial charge in [-0.1, -0.05) is 0 Å². The molecule has 3 nitrogen and oxygen atoms in total. The van der Waals surface area contributed by atoms with E-state index >= 15 is 0 Å². The number of hydrogen-bond acceptors (Lipinski definition) is 3. The van der Waals surface area contributed by atoms with Gasteiger partial charge in [-0.2, -0.15) is 5.10 Å². The Kier molecular flexibility index (Phi) is 1.28. The second kappa shape index (κ2) is 1.94. The van der Waals surface area contributed by atoms with Gasteiger partial charge in [0.05, 0.1) is 11.4 Å². The van der Waals surface area contributed by atoms with Crippen LogP contribution in [0.25, 0.3) is 0 Å². The van der Waals surface area contributed by atoms with Crippen LogP contribution in [0.5, 0.6) is 0 Å². The summed E-state index contributed by atoms with van der Waals surface area (Å²) in [4.78, 5) is 4.09. The first-order valence-corrected chi connectivity index (χ1v) is 2.59. The first kappa shape index (κ1) is 5.28. The molecule has 0 spiro atoms. The third-order valence-corrected chi connectivity index (χ3v) is 1.16. The fourth-order valence-electron chi connectivity index (χ4n) is 0.503. The Morgan fingerprint density at radius 2 is 2.12 bits per heavy atom. The Bertz CT molecular complexity index is 128. The zero-order valence-corrected chi connectivity index (χ0v) is 5.10. The maximum Gasteiger partial charge on any atom is 0.123 e. The second-order valence-corrected chi connectivity index (χ2v) is 1.76. The second-order valence-electron chi connectivity index (χ2n) is 1.76. The summed E-state index contributed by atoms with van der Waals surface area (Å²) in [6.45, 7) is 4.52. The normalized spacial score (nSPS) is 18.8. The van der Waals surface area contributed by atoms with E-state index in [4.69, 9.17) is 0 Å². The average molecular weight is 111 g/mol. The lowest BCUT2D eigenvalue weighted by Gasteiger charge is -2.06. The highest BCUT2D eigenvalue weighted by Gasteiger charge is 1.98. The third-order valence-electron chi connectivity index (χ3n) is 1.16. The Balaban J connectivity index is 2.73. The Morgan fingerprint density at radius 3 is 2.50 bits per heavy atom. The van der Waals surface area contributed by atoms with Gasteiger partial charge < -0.3 is 0 Å². The molecule has 1 aliphatic heterocycles. The molecule has 0 unspecified atom stereocenters. The van der Waals surface area contributed by atoms with E-state index in [1.54, 1.807) is 0 Å². The number of nitrogens with zero attached hydrogens (tertiary/aromatic N) is 2. The van der Waals surface area contributed by atoms with E-state index in [9.17, 15) is 0 Å². The molecule has 0 aromatic rings. The predicted molar refractivity (Wildman–Crippen MR) is 34.2 cm³/mol. The number of hydrogen-bond donors (Lipinski definition) is 1. The van der Waals surface area contributed by atoms with Crippen LogP contribution in [-0.2, 0) is 0 Å². The van der Waals surface area contributed by atoms with Crippen LogP contribution < -0.4 is 5.43 Å². The lowest BCUT2D eigenvalue weighted by molar-refractivity contribution is 0.752. The van der Waals surface area contributed by atoms with E-state index in [2.05, 4.69) is 15.5 Å². The van der Waals surface area contributed by atoms with Crippen LogP contribution in [0.3, 0.4) is 0 Å². The third kappa shape index (κ3) is 0.857. The largest absolute Gasteiger partial charge is 0.288 e. The fraction of sp³-hybridized carbons (Fsp3) is 0.600. The van der Waals surface area contributed by atoms with E-state index in [1.165, 1.54) is 0 Å². The Labute approximate surface area is 48.5 Å². The first-order chi connectivity index (χ1) is 3.80. The van der Waals surface area contributed by atoms with Crippen LogP contribution in [0.15, 0.2) is 10.1 Å². The van der Waals surface area contributed by atoms with E-state index in [-0.39, 0.29) is 0 Å². The summed E-state index contributed by atoms with van der Waals surface area (Å²) in [6, 6.07) is 0. The average Bonchev–Trinajstić information content (AvgIpc) is 1.77. The van der Waals surface area contributed by atoms with Crippen LogP contribution in [-0.4, -0.2) is 18.1 Å². The van der Waals surface area contributed by atoms with Gasteiger partial charge in [-0.3, -0.25) is 10.4 Å². The highest BCUT2D eigenvalue weighted by Crippen LogP contribution is 1.86. The number of aliphatic imine (C=N–C) groups is 1. The minimum absolute atomic E-state index is 0.628. The van der Waals surface area contributed by atoms with Crippen molar-refractivity contribution >= 4 is 11.4 Å². The van der Waals surface area contributed by atoms with Crippen molar-refractivity contribution in [3.05, 3.63) is 0 Å². The molecule has 0 bridgehead atoms. The van der Waals surface area contributed by atoms with Gasteiger partial charge in [-0.05, 0) is 13.8 Å². The molecular weight excluding hydrogens is 102 g/mol. The molecule has 1 rings (SSSR count). The molecule has 0 amide bonds. The molecule has 0 radical (unpaired) electrons. The zero-order chi connectivity index (χ0) is 5.98. The van der Waals surface area contributed by atoms with Crippen molar-refractivity contribution in [2.24, 2.45) is 10.1 Å². The minimum atomic E-state index is 0.628. The zero-order valence-electron chi connectivity index (χ0n) is 5.10. The molecule has 3 heteroatoms. The van der Waals surface area contributed by atoms with Crippen molar-refractivity contribution in [1.82, 2.24) is 5.43 Å². The highest BCUT2D eigenvalue weighted by molar-refractivity contribution is 6.40. The maximum atomic E-state index is 4.09. The van der Waals surface area contributed by atoms with E-state index < -0.39 is 0 Å². The van der Waals surface area contributed by atoms with Crippen LogP contribution >= 0.6 is 0 Å². The molecule has 0 fully saturated rings.